The second kappa shape index (κ2) is 11.4. The van der Waals surface area contributed by atoms with E-state index in [0.717, 1.165) is 29.8 Å². The number of aliphatic hydroxyl groups excluding tert-OH is 1. The fraction of sp³-hybridized carbons (Fsp3) is 0.350. The molecular formula is C20H26AlLiN2O6. The number of hydrogen-bond donors (Lipinski definition) is 2. The van der Waals surface area contributed by atoms with Crippen molar-refractivity contribution in [2.24, 2.45) is 0 Å². The molecule has 0 spiro atoms. The van der Waals surface area contributed by atoms with Gasteiger partial charge in [0.1, 0.15) is 23.7 Å². The number of nitrogens with zero attached hydrogens (tertiary/aromatic N) is 1. The van der Waals surface area contributed by atoms with Crippen molar-refractivity contribution in [1.82, 2.24) is 0 Å². The van der Waals surface area contributed by atoms with Crippen molar-refractivity contribution in [2.75, 3.05) is 12.3 Å². The van der Waals surface area contributed by atoms with Gasteiger partial charge in [-0.2, -0.15) is 0 Å². The average Bonchev–Trinajstić information content (AvgIpc) is 2.67. The Balaban J connectivity index is 0.000000533. The first kappa shape index (κ1) is 26.0. The van der Waals surface area contributed by atoms with Crippen molar-refractivity contribution < 1.29 is 44.6 Å². The van der Waals surface area contributed by atoms with E-state index >= 15 is 0 Å². The Morgan fingerprint density at radius 2 is 1.93 bits per heavy atom. The molecule has 2 unspecified atom stereocenters. The Labute approximate surface area is 198 Å². The molecule has 2 aromatic carbocycles. The van der Waals surface area contributed by atoms with Crippen LogP contribution in [0.3, 0.4) is 0 Å². The van der Waals surface area contributed by atoms with Crippen LogP contribution in [0.2, 0.25) is 0 Å². The third-order valence-electron chi connectivity index (χ3n) is 4.59. The first-order valence-corrected chi connectivity index (χ1v) is 9.01. The van der Waals surface area contributed by atoms with Crippen molar-refractivity contribution in [1.29, 1.82) is 0 Å². The van der Waals surface area contributed by atoms with E-state index in [0.29, 0.717) is 11.3 Å². The van der Waals surface area contributed by atoms with Gasteiger partial charge in [-0.05, 0) is 49.6 Å². The van der Waals surface area contributed by atoms with E-state index < -0.39 is 4.92 Å². The Hall–Kier alpha value is -2.00. The standard InChI is InChI=1S/C10H9NO4.C10H13NO2.Al.Li.4H/c1-6-4-9(12)8-5-7(11(13)14)2-3-10(8)15-6;11-8-2-4-10-7(5-8)1-3-9(6-12)13-10;;;;;;/h2-3,5-6H,4H2,1H3;2,4-5,9,12H,1,3,6,11H2;;;;;;/q;;;+1;;;;-1. The van der Waals surface area contributed by atoms with Crippen molar-refractivity contribution >= 4 is 34.5 Å². The number of carbonyl (C=O) groups is 1. The molecule has 0 radical (unpaired) electrons. The number of aliphatic hydroxyl groups is 1. The fourth-order valence-electron chi connectivity index (χ4n) is 3.17. The number of nitro benzene ring substituents is 1. The maximum absolute atomic E-state index is 11.6. The number of nitrogen functional groups attached to an aromatic ring is 1. The molecule has 2 aliphatic rings. The van der Waals surface area contributed by atoms with Gasteiger partial charge >= 0.3 is 18.9 Å². The molecule has 4 rings (SSSR count). The van der Waals surface area contributed by atoms with Crippen LogP contribution in [-0.2, 0) is 6.42 Å². The van der Waals surface area contributed by atoms with E-state index in [4.69, 9.17) is 20.3 Å². The number of benzene rings is 2. The van der Waals surface area contributed by atoms with Crippen molar-refractivity contribution in [2.45, 2.75) is 38.4 Å². The second-order valence-electron chi connectivity index (χ2n) is 6.82. The van der Waals surface area contributed by atoms with Gasteiger partial charge in [0, 0.05) is 24.2 Å². The predicted octanol–water partition coefficient (Wildman–Crippen LogP) is -1.16. The van der Waals surface area contributed by atoms with Crippen LogP contribution in [-0.4, -0.2) is 52.0 Å². The van der Waals surface area contributed by atoms with E-state index in [1.165, 1.54) is 18.2 Å². The van der Waals surface area contributed by atoms with E-state index in [9.17, 15) is 14.9 Å². The third-order valence-corrected chi connectivity index (χ3v) is 4.59. The molecule has 0 amide bonds. The number of non-ortho nitro benzene ring substituents is 1. The number of ether oxygens (including phenoxy) is 2. The Bertz CT molecular complexity index is 917. The monoisotopic (exact) mass is 424 g/mol. The summed E-state index contributed by atoms with van der Waals surface area (Å²) in [5.74, 6) is 1.19. The van der Waals surface area contributed by atoms with Crippen LogP contribution >= 0.6 is 0 Å². The first-order valence-electron chi connectivity index (χ1n) is 9.01. The van der Waals surface area contributed by atoms with Crippen molar-refractivity contribution in [3.05, 3.63) is 57.6 Å². The molecule has 3 N–H and O–H groups in total. The van der Waals surface area contributed by atoms with Crippen LogP contribution in [0.15, 0.2) is 36.4 Å². The largest absolute Gasteiger partial charge is 1.00 e. The summed E-state index contributed by atoms with van der Waals surface area (Å²) >= 11 is 0. The summed E-state index contributed by atoms with van der Waals surface area (Å²) in [6.07, 6.45) is 1.87. The summed E-state index contributed by atoms with van der Waals surface area (Å²) in [6, 6.07) is 9.70. The molecule has 0 fully saturated rings. The van der Waals surface area contributed by atoms with Crippen molar-refractivity contribution in [3.63, 3.8) is 0 Å². The number of aryl methyl sites for hydroxylation is 1. The molecule has 0 saturated heterocycles. The molecule has 156 valence electrons. The Morgan fingerprint density at radius 3 is 2.60 bits per heavy atom. The number of nitro groups is 1. The van der Waals surface area contributed by atoms with Crippen LogP contribution in [0, 0.1) is 10.1 Å². The minimum absolute atomic E-state index is 0. The van der Waals surface area contributed by atoms with Crippen LogP contribution < -0.4 is 34.1 Å². The zero-order valence-electron chi connectivity index (χ0n) is 17.5. The molecular weight excluding hydrogens is 398 g/mol. The zero-order valence-corrected chi connectivity index (χ0v) is 16.5. The molecule has 30 heavy (non-hydrogen) atoms. The molecule has 10 heteroatoms. The van der Waals surface area contributed by atoms with E-state index in [-0.39, 0.29) is 74.4 Å². The Kier molecular flexibility index (Phi) is 9.90. The number of ketones is 1. The van der Waals surface area contributed by atoms with Crippen molar-refractivity contribution in [3.8, 4) is 11.5 Å². The van der Waals surface area contributed by atoms with Gasteiger partial charge < -0.3 is 21.7 Å². The van der Waals surface area contributed by atoms with Gasteiger partial charge in [0.2, 0.25) is 0 Å². The summed E-state index contributed by atoms with van der Waals surface area (Å²) in [5.41, 5.74) is 7.78. The molecule has 2 aromatic rings. The third kappa shape index (κ3) is 6.25. The maximum Gasteiger partial charge on any atom is 1.00 e. The number of nitrogens with two attached hydrogens (primary N) is 1. The smallest absolute Gasteiger partial charge is 1.00 e. The van der Waals surface area contributed by atoms with Gasteiger partial charge in [0.15, 0.2) is 23.1 Å². The molecule has 0 saturated carbocycles. The number of fused-ring (bicyclic) bond motifs is 2. The SMILES string of the molecule is CC1CC(=O)c2cc([N+](=O)[O-])ccc2O1.Nc1ccc2c(c1)CCC(CO)O2.[AlH3].[H-].[Li+]. The van der Waals surface area contributed by atoms with Crippen LogP contribution in [0.1, 0.15) is 37.1 Å². The van der Waals surface area contributed by atoms with Gasteiger partial charge in [-0.1, -0.05) is 0 Å². The summed E-state index contributed by atoms with van der Waals surface area (Å²) in [4.78, 5) is 21.6. The van der Waals surface area contributed by atoms with E-state index in [1.54, 1.807) is 6.92 Å². The van der Waals surface area contributed by atoms with Gasteiger partial charge in [-0.25, -0.2) is 0 Å². The first-order chi connectivity index (χ1) is 13.4. The van der Waals surface area contributed by atoms with Gasteiger partial charge in [0.05, 0.1) is 17.1 Å². The minimum Gasteiger partial charge on any atom is -1.00 e. The maximum atomic E-state index is 11.6. The summed E-state index contributed by atoms with van der Waals surface area (Å²) < 4.78 is 10.9. The van der Waals surface area contributed by atoms with Gasteiger partial charge in [-0.15, -0.1) is 0 Å². The van der Waals surface area contributed by atoms with Gasteiger partial charge in [-0.3, -0.25) is 14.9 Å². The number of carbonyl (C=O) groups excluding carboxylic acids is 1. The molecule has 0 aliphatic carbocycles. The number of rotatable bonds is 2. The van der Waals surface area contributed by atoms with Crippen LogP contribution in [0.25, 0.3) is 0 Å². The van der Waals surface area contributed by atoms with E-state index in [1.807, 2.05) is 18.2 Å². The predicted molar refractivity (Wildman–Crippen MR) is 114 cm³/mol. The minimum atomic E-state index is -0.522. The van der Waals surface area contributed by atoms with Gasteiger partial charge in [0.25, 0.3) is 5.69 Å². The summed E-state index contributed by atoms with van der Waals surface area (Å²) in [6.45, 7) is 1.88. The molecule has 8 nitrogen and oxygen atoms in total. The average molecular weight is 424 g/mol. The van der Waals surface area contributed by atoms with E-state index in [2.05, 4.69) is 0 Å². The summed E-state index contributed by atoms with van der Waals surface area (Å²) in [5, 5.41) is 19.4. The molecule has 2 atom stereocenters. The molecule has 0 aromatic heterocycles. The molecule has 0 bridgehead atoms. The fourth-order valence-corrected chi connectivity index (χ4v) is 3.17. The number of Topliss-reactive ketones (excluding diaryl/α,β-unsaturated/α-hetero) is 1. The summed E-state index contributed by atoms with van der Waals surface area (Å²) in [7, 11) is 0. The Morgan fingerprint density at radius 1 is 1.23 bits per heavy atom. The number of hydrogen-bond acceptors (Lipinski definition) is 7. The topological polar surface area (TPSA) is 125 Å². The zero-order chi connectivity index (χ0) is 20.3. The second-order valence-corrected chi connectivity index (χ2v) is 6.82. The molecule has 2 aliphatic heterocycles. The van der Waals surface area contributed by atoms with Crippen LogP contribution in [0.4, 0.5) is 11.4 Å². The number of anilines is 1. The normalized spacial score (nSPS) is 18.5. The molecule has 2 heterocycles. The van der Waals surface area contributed by atoms with Crippen LogP contribution in [0.5, 0.6) is 11.5 Å². The quantitative estimate of drug-likeness (QED) is 0.270.